The van der Waals surface area contributed by atoms with E-state index in [0.29, 0.717) is 24.5 Å². The number of hydrogen-bond donors (Lipinski definition) is 1. The van der Waals surface area contributed by atoms with Crippen molar-refractivity contribution in [1.82, 2.24) is 5.32 Å². The minimum atomic E-state index is -0.138. The fraction of sp³-hybridized carbons (Fsp3) is 0.111. The minimum Gasteiger partial charge on any atom is -0.346 e. The Hall–Kier alpha value is -3.16. The summed E-state index contributed by atoms with van der Waals surface area (Å²) in [6.45, 7) is 0.956. The number of nitrogens with zero attached hydrogens (tertiary/aromatic N) is 2. The average molecular weight is 577 g/mol. The molecule has 3 heterocycles. The van der Waals surface area contributed by atoms with Gasteiger partial charge in [0.25, 0.3) is 11.8 Å². The van der Waals surface area contributed by atoms with Gasteiger partial charge in [0.15, 0.2) is 0 Å². The Labute approximate surface area is 214 Å². The maximum atomic E-state index is 13.5. The molecular weight excluding hydrogens is 558 g/mol. The highest BCUT2D eigenvalue weighted by molar-refractivity contribution is 9.10. The number of dihydropyridines is 1. The van der Waals surface area contributed by atoms with Gasteiger partial charge in [-0.1, -0.05) is 62.2 Å². The smallest absolute Gasteiger partial charge is 0.275 e. The number of anilines is 2. The third kappa shape index (κ3) is 3.42. The Kier molecular flexibility index (Phi) is 5.19. The van der Waals surface area contributed by atoms with Crippen LogP contribution >= 0.6 is 31.9 Å². The summed E-state index contributed by atoms with van der Waals surface area (Å²) < 4.78 is 1.92. The molecule has 168 valence electrons. The van der Waals surface area contributed by atoms with Crippen LogP contribution in [0, 0.1) is 0 Å². The van der Waals surface area contributed by atoms with Crippen LogP contribution in [0.25, 0.3) is 0 Å². The van der Waals surface area contributed by atoms with E-state index in [1.165, 1.54) is 0 Å². The standard InChI is InChI=1S/C27H19Br2N3O2/c28-17-6-10-19(11-7-17)31-14-21-23(16-4-2-1-3-5-16)22-15-32(20-12-8-18(29)9-13-20)27(34)25(22)30-24(21)26(31)33/h1-13,23,30H,14-15H2. The molecule has 6 rings (SSSR count). The average Bonchev–Trinajstić information content (AvgIpc) is 3.36. The number of carbonyl (C=O) groups excluding carboxylic acids is 2. The van der Waals surface area contributed by atoms with Gasteiger partial charge in [-0.3, -0.25) is 9.59 Å². The van der Waals surface area contributed by atoms with Crippen LogP contribution in [-0.4, -0.2) is 24.9 Å². The molecule has 0 saturated heterocycles. The van der Waals surface area contributed by atoms with Crippen LogP contribution in [-0.2, 0) is 9.59 Å². The molecule has 34 heavy (non-hydrogen) atoms. The van der Waals surface area contributed by atoms with Gasteiger partial charge < -0.3 is 15.1 Å². The first-order valence-corrected chi connectivity index (χ1v) is 12.5. The van der Waals surface area contributed by atoms with Gasteiger partial charge in [0, 0.05) is 26.2 Å². The predicted molar refractivity (Wildman–Crippen MR) is 139 cm³/mol. The summed E-state index contributed by atoms with van der Waals surface area (Å²) in [5, 5.41) is 3.26. The predicted octanol–water partition coefficient (Wildman–Crippen LogP) is 5.50. The topological polar surface area (TPSA) is 52.7 Å². The van der Waals surface area contributed by atoms with Crippen molar-refractivity contribution in [2.75, 3.05) is 22.9 Å². The van der Waals surface area contributed by atoms with Gasteiger partial charge in [-0.2, -0.15) is 0 Å². The van der Waals surface area contributed by atoms with Crippen molar-refractivity contribution < 1.29 is 9.59 Å². The SMILES string of the molecule is O=C1C2=C(CN1c1ccc(Br)cc1)C(c1ccccc1)C1=C(N2)C(=O)N(c2ccc(Br)cc2)C1. The first kappa shape index (κ1) is 21.4. The number of halogens is 2. The van der Waals surface area contributed by atoms with E-state index in [1.807, 2.05) is 66.7 Å². The molecule has 3 aliphatic rings. The Morgan fingerprint density at radius 3 is 1.53 bits per heavy atom. The van der Waals surface area contributed by atoms with E-state index in [0.717, 1.165) is 37.0 Å². The fourth-order valence-electron chi connectivity index (χ4n) is 4.97. The first-order chi connectivity index (χ1) is 16.5. The molecule has 2 amide bonds. The van der Waals surface area contributed by atoms with E-state index in [2.05, 4.69) is 49.3 Å². The zero-order valence-corrected chi connectivity index (χ0v) is 21.1. The van der Waals surface area contributed by atoms with Crippen molar-refractivity contribution in [2.45, 2.75) is 5.92 Å². The summed E-state index contributed by atoms with van der Waals surface area (Å²) >= 11 is 6.92. The van der Waals surface area contributed by atoms with Gasteiger partial charge in [-0.15, -0.1) is 0 Å². The second-order valence-electron chi connectivity index (χ2n) is 8.50. The maximum absolute atomic E-state index is 13.5. The number of benzene rings is 3. The van der Waals surface area contributed by atoms with Crippen molar-refractivity contribution in [2.24, 2.45) is 0 Å². The molecular formula is C27H19Br2N3O2. The van der Waals surface area contributed by atoms with Crippen molar-refractivity contribution in [1.29, 1.82) is 0 Å². The van der Waals surface area contributed by atoms with Gasteiger partial charge in [0.2, 0.25) is 0 Å². The van der Waals surface area contributed by atoms with Crippen LogP contribution in [0.15, 0.2) is 110 Å². The van der Waals surface area contributed by atoms with Crippen molar-refractivity contribution in [3.63, 3.8) is 0 Å². The summed E-state index contributed by atoms with van der Waals surface area (Å²) in [5.74, 6) is -0.361. The number of rotatable bonds is 3. The summed E-state index contributed by atoms with van der Waals surface area (Å²) in [6.07, 6.45) is 0. The van der Waals surface area contributed by atoms with Gasteiger partial charge in [-0.05, 0) is 65.2 Å². The Balaban J connectivity index is 1.40. The molecule has 1 N–H and O–H groups in total. The summed E-state index contributed by atoms with van der Waals surface area (Å²) in [7, 11) is 0. The Bertz CT molecular complexity index is 1290. The van der Waals surface area contributed by atoms with Crippen LogP contribution in [0.3, 0.4) is 0 Å². The lowest BCUT2D eigenvalue weighted by Gasteiger charge is -2.26. The Morgan fingerprint density at radius 1 is 0.647 bits per heavy atom. The monoisotopic (exact) mass is 575 g/mol. The summed E-state index contributed by atoms with van der Waals surface area (Å²) in [4.78, 5) is 30.6. The maximum Gasteiger partial charge on any atom is 0.275 e. The molecule has 3 aromatic carbocycles. The highest BCUT2D eigenvalue weighted by Gasteiger charge is 2.46. The van der Waals surface area contributed by atoms with Crippen molar-refractivity contribution in [3.05, 3.63) is 116 Å². The van der Waals surface area contributed by atoms with E-state index >= 15 is 0 Å². The molecule has 0 spiro atoms. The molecule has 0 bridgehead atoms. The van der Waals surface area contributed by atoms with Gasteiger partial charge >= 0.3 is 0 Å². The van der Waals surface area contributed by atoms with Gasteiger partial charge in [-0.25, -0.2) is 0 Å². The lowest BCUT2D eigenvalue weighted by Crippen LogP contribution is -2.34. The highest BCUT2D eigenvalue weighted by atomic mass is 79.9. The van der Waals surface area contributed by atoms with Gasteiger partial charge in [0.1, 0.15) is 11.4 Å². The molecule has 0 saturated carbocycles. The molecule has 5 nitrogen and oxygen atoms in total. The normalized spacial score (nSPS) is 17.9. The van der Waals surface area contributed by atoms with Crippen molar-refractivity contribution >= 4 is 55.0 Å². The van der Waals surface area contributed by atoms with Crippen LogP contribution in [0.4, 0.5) is 11.4 Å². The molecule has 0 radical (unpaired) electrons. The van der Waals surface area contributed by atoms with Crippen LogP contribution < -0.4 is 15.1 Å². The molecule has 0 fully saturated rings. The lowest BCUT2D eigenvalue weighted by molar-refractivity contribution is -0.115. The van der Waals surface area contributed by atoms with E-state index < -0.39 is 0 Å². The third-order valence-electron chi connectivity index (χ3n) is 6.57. The van der Waals surface area contributed by atoms with E-state index in [-0.39, 0.29) is 17.7 Å². The fourth-order valence-corrected chi connectivity index (χ4v) is 5.50. The zero-order chi connectivity index (χ0) is 23.4. The largest absolute Gasteiger partial charge is 0.346 e. The summed E-state index contributed by atoms with van der Waals surface area (Å²) in [6, 6.07) is 25.6. The lowest BCUT2D eigenvalue weighted by atomic mass is 9.81. The molecule has 3 aliphatic heterocycles. The minimum absolute atomic E-state index is 0.111. The molecule has 0 aromatic heterocycles. The third-order valence-corrected chi connectivity index (χ3v) is 7.63. The van der Waals surface area contributed by atoms with E-state index in [1.54, 1.807) is 9.80 Å². The van der Waals surface area contributed by atoms with E-state index in [4.69, 9.17) is 0 Å². The molecule has 0 aliphatic carbocycles. The number of carbonyl (C=O) groups is 2. The van der Waals surface area contributed by atoms with E-state index in [9.17, 15) is 9.59 Å². The highest BCUT2D eigenvalue weighted by Crippen LogP contribution is 2.45. The second kappa shape index (κ2) is 8.25. The van der Waals surface area contributed by atoms with Crippen LogP contribution in [0.5, 0.6) is 0 Å². The quantitative estimate of drug-likeness (QED) is 0.448. The summed E-state index contributed by atoms with van der Waals surface area (Å²) in [5.41, 5.74) is 5.79. The molecule has 7 heteroatoms. The van der Waals surface area contributed by atoms with Crippen LogP contribution in [0.2, 0.25) is 0 Å². The zero-order valence-electron chi connectivity index (χ0n) is 18.0. The Morgan fingerprint density at radius 2 is 1.09 bits per heavy atom. The number of hydrogen-bond acceptors (Lipinski definition) is 3. The number of nitrogens with one attached hydrogen (secondary N) is 1. The first-order valence-electron chi connectivity index (χ1n) is 10.9. The number of amides is 2. The second-order valence-corrected chi connectivity index (χ2v) is 10.3. The molecule has 0 unspecified atom stereocenters. The molecule has 3 aromatic rings. The van der Waals surface area contributed by atoms with Crippen LogP contribution in [0.1, 0.15) is 11.5 Å². The molecule has 0 atom stereocenters. The van der Waals surface area contributed by atoms with Crippen molar-refractivity contribution in [3.8, 4) is 0 Å². The van der Waals surface area contributed by atoms with Gasteiger partial charge in [0.05, 0.1) is 13.1 Å².